The smallest absolute Gasteiger partial charge is 0.272 e. The summed E-state index contributed by atoms with van der Waals surface area (Å²) in [5, 5.41) is 7.13. The molecule has 4 heterocycles. The number of amides is 1. The molecule has 0 aliphatic carbocycles. The Balaban J connectivity index is 0.000000188. The highest BCUT2D eigenvalue weighted by Crippen LogP contribution is 2.42. The number of thioether (sulfide) groups is 1. The minimum Gasteiger partial charge on any atom is -0.378 e. The lowest BCUT2D eigenvalue weighted by Crippen LogP contribution is -2.57. The van der Waals surface area contributed by atoms with E-state index in [1.54, 1.807) is 11.0 Å². The Hall–Kier alpha value is -2.08. The quantitative estimate of drug-likeness (QED) is 0.538. The molecule has 5 rings (SSSR count). The van der Waals surface area contributed by atoms with E-state index in [1.165, 1.54) is 30.7 Å². The highest BCUT2D eigenvalue weighted by Gasteiger charge is 2.43. The normalized spacial score (nSPS) is 18.5. The van der Waals surface area contributed by atoms with E-state index in [9.17, 15) is 18.0 Å². The van der Waals surface area contributed by atoms with Crippen LogP contribution in [0.5, 0.6) is 0 Å². The Labute approximate surface area is 220 Å². The summed E-state index contributed by atoms with van der Waals surface area (Å²) in [6, 6.07) is 4.96. The van der Waals surface area contributed by atoms with Crippen molar-refractivity contribution in [2.45, 2.75) is 43.3 Å². The molecule has 0 bridgehead atoms. The summed E-state index contributed by atoms with van der Waals surface area (Å²) >= 11 is 1.41. The number of nitrogens with zero attached hydrogens (tertiary/aromatic N) is 4. The minimum absolute atomic E-state index is 0.0433. The first-order valence-corrected chi connectivity index (χ1v) is 14.0. The van der Waals surface area contributed by atoms with E-state index in [0.29, 0.717) is 48.3 Å². The van der Waals surface area contributed by atoms with E-state index < -0.39 is 5.92 Å². The molecule has 2 saturated heterocycles. The number of alkyl halides is 2. The summed E-state index contributed by atoms with van der Waals surface area (Å²) in [5.74, 6) is -2.17. The number of fused-ring (bicyclic) bond motifs is 3. The third-order valence-electron chi connectivity index (χ3n) is 6.88. The Morgan fingerprint density at radius 3 is 2.65 bits per heavy atom. The maximum Gasteiger partial charge on any atom is 0.272 e. The number of unbranched alkanes of at least 4 members (excludes halogenated alkanes) is 1. The van der Waals surface area contributed by atoms with Crippen molar-refractivity contribution >= 4 is 17.7 Å². The topological polar surface area (TPSA) is 64.7 Å². The lowest BCUT2D eigenvalue weighted by Gasteiger charge is -2.39. The number of H-pyrrole nitrogens is 1. The summed E-state index contributed by atoms with van der Waals surface area (Å²) in [4.78, 5) is 19.2. The van der Waals surface area contributed by atoms with Gasteiger partial charge in [-0.05, 0) is 25.6 Å². The second-order valence-corrected chi connectivity index (χ2v) is 10.6. The number of morpholine rings is 1. The van der Waals surface area contributed by atoms with Crippen LogP contribution in [0.25, 0.3) is 11.3 Å². The zero-order valence-corrected chi connectivity index (χ0v) is 22.4. The summed E-state index contributed by atoms with van der Waals surface area (Å²) in [7, 11) is 0. The molecule has 7 nitrogen and oxygen atoms in total. The predicted octanol–water partition coefficient (Wildman–Crippen LogP) is 4.35. The summed E-state index contributed by atoms with van der Waals surface area (Å²) < 4.78 is 44.2. The first kappa shape index (κ1) is 27.9. The van der Waals surface area contributed by atoms with Crippen LogP contribution in [0, 0.1) is 5.82 Å². The molecule has 11 heteroatoms. The molecule has 0 unspecified atom stereocenters. The van der Waals surface area contributed by atoms with Crippen LogP contribution in [0.3, 0.4) is 0 Å². The van der Waals surface area contributed by atoms with Gasteiger partial charge in [-0.1, -0.05) is 32.4 Å². The number of rotatable bonds is 8. The summed E-state index contributed by atoms with van der Waals surface area (Å²) in [6.45, 7) is 10.3. The number of likely N-dealkylation sites (N-methyl/N-ethyl adjacent to an activating group) is 1. The maximum atomic E-state index is 13.9. The average Bonchev–Trinajstić information content (AvgIpc) is 3.33. The third-order valence-corrected chi connectivity index (χ3v) is 8.02. The van der Waals surface area contributed by atoms with E-state index in [0.717, 1.165) is 37.3 Å². The van der Waals surface area contributed by atoms with Gasteiger partial charge in [-0.15, -0.1) is 11.8 Å². The zero-order valence-electron chi connectivity index (χ0n) is 21.6. The SMILES string of the molecule is CCCCN(CC)CCN1CC(F)(F)C1.O=C(c1[nH]nc2c1CSc1c(F)cccc1-2)N1CCOCC1. The molecule has 37 heavy (non-hydrogen) atoms. The molecular formula is C26H36F3N5O2S. The number of aromatic nitrogens is 2. The summed E-state index contributed by atoms with van der Waals surface area (Å²) in [5.41, 5.74) is 2.81. The molecule has 2 fully saturated rings. The van der Waals surface area contributed by atoms with Crippen molar-refractivity contribution in [1.82, 2.24) is 24.9 Å². The lowest BCUT2D eigenvalue weighted by atomic mass is 10.1. The fraction of sp³-hybridized carbons (Fsp3) is 0.615. The van der Waals surface area contributed by atoms with Crippen molar-refractivity contribution in [3.63, 3.8) is 0 Å². The number of likely N-dealkylation sites (tertiary alicyclic amines) is 1. The van der Waals surface area contributed by atoms with Gasteiger partial charge in [0.25, 0.3) is 11.8 Å². The van der Waals surface area contributed by atoms with Crippen molar-refractivity contribution in [1.29, 1.82) is 0 Å². The van der Waals surface area contributed by atoms with Gasteiger partial charge in [0.2, 0.25) is 0 Å². The molecule has 0 spiro atoms. The van der Waals surface area contributed by atoms with Crippen molar-refractivity contribution in [3.05, 3.63) is 35.3 Å². The van der Waals surface area contributed by atoms with Gasteiger partial charge in [0.15, 0.2) is 0 Å². The first-order valence-electron chi connectivity index (χ1n) is 13.0. The molecule has 1 amide bonds. The van der Waals surface area contributed by atoms with Crippen LogP contribution in [0.2, 0.25) is 0 Å². The van der Waals surface area contributed by atoms with E-state index in [4.69, 9.17) is 4.74 Å². The fourth-order valence-electron chi connectivity index (χ4n) is 4.67. The van der Waals surface area contributed by atoms with E-state index >= 15 is 0 Å². The van der Waals surface area contributed by atoms with Crippen LogP contribution in [-0.2, 0) is 10.5 Å². The zero-order chi connectivity index (χ0) is 26.4. The molecule has 0 saturated carbocycles. The number of hydrogen-bond donors (Lipinski definition) is 1. The molecule has 3 aliphatic rings. The van der Waals surface area contributed by atoms with Crippen LogP contribution >= 0.6 is 11.8 Å². The number of halogens is 3. The van der Waals surface area contributed by atoms with Crippen LogP contribution in [-0.4, -0.2) is 102 Å². The lowest BCUT2D eigenvalue weighted by molar-refractivity contribution is -0.131. The first-order chi connectivity index (χ1) is 17.8. The van der Waals surface area contributed by atoms with Gasteiger partial charge >= 0.3 is 0 Å². The maximum absolute atomic E-state index is 13.9. The predicted molar refractivity (Wildman–Crippen MR) is 139 cm³/mol. The molecule has 1 N–H and O–H groups in total. The monoisotopic (exact) mass is 539 g/mol. The van der Waals surface area contributed by atoms with Gasteiger partial charge in [-0.2, -0.15) is 5.10 Å². The van der Waals surface area contributed by atoms with Gasteiger partial charge < -0.3 is 14.5 Å². The highest BCUT2D eigenvalue weighted by atomic mass is 32.2. The Kier molecular flexibility index (Phi) is 9.55. The molecule has 3 aliphatic heterocycles. The third kappa shape index (κ3) is 6.87. The number of hydrogen-bond acceptors (Lipinski definition) is 6. The molecule has 1 aromatic carbocycles. The van der Waals surface area contributed by atoms with Crippen LogP contribution in [0.1, 0.15) is 42.7 Å². The molecular weight excluding hydrogens is 503 g/mol. The molecule has 204 valence electrons. The van der Waals surface area contributed by atoms with Gasteiger partial charge in [-0.25, -0.2) is 13.2 Å². The van der Waals surface area contributed by atoms with Gasteiger partial charge in [0, 0.05) is 43.1 Å². The van der Waals surface area contributed by atoms with Crippen molar-refractivity contribution in [3.8, 4) is 11.3 Å². The highest BCUT2D eigenvalue weighted by molar-refractivity contribution is 7.98. The van der Waals surface area contributed by atoms with E-state index in [-0.39, 0.29) is 24.8 Å². The van der Waals surface area contributed by atoms with Crippen molar-refractivity contribution < 1.29 is 22.7 Å². The van der Waals surface area contributed by atoms with Gasteiger partial charge in [0.1, 0.15) is 11.5 Å². The minimum atomic E-state index is -2.42. The van der Waals surface area contributed by atoms with Crippen LogP contribution in [0.4, 0.5) is 13.2 Å². The van der Waals surface area contributed by atoms with Gasteiger partial charge in [-0.3, -0.25) is 14.8 Å². The largest absolute Gasteiger partial charge is 0.378 e. The number of carbonyl (C=O) groups is 1. The Morgan fingerprint density at radius 1 is 1.22 bits per heavy atom. The molecule has 0 radical (unpaired) electrons. The van der Waals surface area contributed by atoms with Crippen molar-refractivity contribution in [2.24, 2.45) is 0 Å². The average molecular weight is 540 g/mol. The number of nitrogens with one attached hydrogen (secondary N) is 1. The number of aromatic amines is 1. The standard InChI is InChI=1S/C15H14FN3O2S.C11H22F2N2/c16-11-3-1-2-9-12-10(8-22-14(9)11)13(18-17-12)15(20)19-4-6-21-7-5-19;1-3-5-6-14(4-2)7-8-15-9-11(12,13)10-15/h1-3H,4-8H2,(H,17,18);3-10H2,1-2H3. The molecule has 2 aromatic rings. The van der Waals surface area contributed by atoms with E-state index in [2.05, 4.69) is 28.9 Å². The second-order valence-electron chi connectivity index (χ2n) is 9.59. The fourth-order valence-corrected chi connectivity index (χ4v) is 5.77. The van der Waals surface area contributed by atoms with Gasteiger partial charge in [0.05, 0.1) is 36.9 Å². The molecule has 1 aromatic heterocycles. The summed E-state index contributed by atoms with van der Waals surface area (Å²) in [6.07, 6.45) is 2.39. The molecule has 0 atom stereocenters. The second kappa shape index (κ2) is 12.6. The Morgan fingerprint density at radius 2 is 1.97 bits per heavy atom. The van der Waals surface area contributed by atoms with E-state index in [1.807, 2.05) is 11.0 Å². The van der Waals surface area contributed by atoms with Crippen molar-refractivity contribution in [2.75, 3.05) is 65.6 Å². The number of ether oxygens (including phenoxy) is 1. The number of benzene rings is 1. The van der Waals surface area contributed by atoms with Crippen LogP contribution < -0.4 is 0 Å². The Bertz CT molecular complexity index is 1050. The van der Waals surface area contributed by atoms with Crippen LogP contribution in [0.15, 0.2) is 23.1 Å². The number of carbonyl (C=O) groups excluding carboxylic acids is 1.